The maximum Gasteiger partial charge on any atom is 0.306 e. The summed E-state index contributed by atoms with van der Waals surface area (Å²) in [4.78, 5) is 11.5. The number of ether oxygens (including phenoxy) is 1. The molecule has 0 amide bonds. The second-order valence-corrected chi connectivity index (χ2v) is 5.32. The summed E-state index contributed by atoms with van der Waals surface area (Å²) >= 11 is 0. The molecular formula is C15H20O2. The van der Waals surface area contributed by atoms with Gasteiger partial charge in [0, 0.05) is 12.3 Å². The first-order valence-corrected chi connectivity index (χ1v) is 6.37. The summed E-state index contributed by atoms with van der Waals surface area (Å²) in [7, 11) is 0. The van der Waals surface area contributed by atoms with Gasteiger partial charge in [-0.3, -0.25) is 4.79 Å². The maximum atomic E-state index is 11.5. The third-order valence-corrected chi connectivity index (χ3v) is 3.19. The van der Waals surface area contributed by atoms with E-state index in [0.29, 0.717) is 24.9 Å². The average molecular weight is 232 g/mol. The van der Waals surface area contributed by atoms with Crippen molar-refractivity contribution in [2.24, 2.45) is 11.8 Å². The number of rotatable bonds is 4. The number of hydrogen-bond donors (Lipinski definition) is 0. The standard InChI is InChI=1S/C15H20O2/c1-11(2)7-15(16)17-10-12-8-13-5-3-4-6-14(13)9-12/h3-6,11-12H,7-10H2,1-2H3. The van der Waals surface area contributed by atoms with Crippen LogP contribution in [0.25, 0.3) is 0 Å². The van der Waals surface area contributed by atoms with Gasteiger partial charge in [-0.05, 0) is 29.9 Å². The molecule has 1 aromatic rings. The second kappa shape index (κ2) is 5.35. The Balaban J connectivity index is 1.78. The number of carbonyl (C=O) groups is 1. The molecule has 2 nitrogen and oxygen atoms in total. The first kappa shape index (κ1) is 12.2. The molecule has 0 unspecified atom stereocenters. The van der Waals surface area contributed by atoms with Gasteiger partial charge < -0.3 is 4.74 Å². The number of fused-ring (bicyclic) bond motifs is 1. The normalized spacial score (nSPS) is 15.0. The van der Waals surface area contributed by atoms with Crippen molar-refractivity contribution in [3.8, 4) is 0 Å². The molecule has 1 aliphatic carbocycles. The van der Waals surface area contributed by atoms with Gasteiger partial charge >= 0.3 is 5.97 Å². The van der Waals surface area contributed by atoms with Crippen LogP contribution < -0.4 is 0 Å². The van der Waals surface area contributed by atoms with Crippen molar-refractivity contribution in [1.29, 1.82) is 0 Å². The Hall–Kier alpha value is -1.31. The van der Waals surface area contributed by atoms with Crippen LogP contribution in [0.4, 0.5) is 0 Å². The molecule has 0 aliphatic heterocycles. The average Bonchev–Trinajstić information content (AvgIpc) is 2.68. The summed E-state index contributed by atoms with van der Waals surface area (Å²) < 4.78 is 5.33. The minimum atomic E-state index is -0.0593. The SMILES string of the molecule is CC(C)CC(=O)OCC1Cc2ccccc2C1. The lowest BCUT2D eigenvalue weighted by Crippen LogP contribution is -2.15. The highest BCUT2D eigenvalue weighted by atomic mass is 16.5. The van der Waals surface area contributed by atoms with Gasteiger partial charge in [0.2, 0.25) is 0 Å². The van der Waals surface area contributed by atoms with Crippen LogP contribution in [0.3, 0.4) is 0 Å². The highest BCUT2D eigenvalue weighted by molar-refractivity contribution is 5.69. The minimum absolute atomic E-state index is 0.0593. The Morgan fingerprint density at radius 3 is 2.41 bits per heavy atom. The molecule has 0 N–H and O–H groups in total. The summed E-state index contributed by atoms with van der Waals surface area (Å²) in [6, 6.07) is 8.49. The lowest BCUT2D eigenvalue weighted by Gasteiger charge is -2.11. The summed E-state index contributed by atoms with van der Waals surface area (Å²) in [5.74, 6) is 0.794. The fourth-order valence-corrected chi connectivity index (χ4v) is 2.37. The molecule has 0 bridgehead atoms. The van der Waals surface area contributed by atoms with Gasteiger partial charge in [-0.1, -0.05) is 38.1 Å². The third-order valence-electron chi connectivity index (χ3n) is 3.19. The minimum Gasteiger partial charge on any atom is -0.465 e. The molecule has 17 heavy (non-hydrogen) atoms. The molecule has 0 saturated heterocycles. The van der Waals surface area contributed by atoms with E-state index in [-0.39, 0.29) is 5.97 Å². The molecule has 2 rings (SSSR count). The Labute approximate surface area is 103 Å². The monoisotopic (exact) mass is 232 g/mol. The van der Waals surface area contributed by atoms with E-state index in [1.54, 1.807) is 0 Å². The predicted octanol–water partition coefficient (Wildman–Crippen LogP) is 2.99. The fraction of sp³-hybridized carbons (Fsp3) is 0.533. The number of hydrogen-bond acceptors (Lipinski definition) is 2. The van der Waals surface area contributed by atoms with Crippen LogP contribution in [0.5, 0.6) is 0 Å². The number of esters is 1. The first-order chi connectivity index (χ1) is 8.15. The molecule has 2 heteroatoms. The molecular weight excluding hydrogens is 212 g/mol. The van der Waals surface area contributed by atoms with E-state index in [0.717, 1.165) is 12.8 Å². The van der Waals surface area contributed by atoms with Crippen molar-refractivity contribution in [2.75, 3.05) is 6.61 Å². The molecule has 0 radical (unpaired) electrons. The molecule has 92 valence electrons. The summed E-state index contributed by atoms with van der Waals surface area (Å²) in [5, 5.41) is 0. The summed E-state index contributed by atoms with van der Waals surface area (Å²) in [5.41, 5.74) is 2.83. The lowest BCUT2D eigenvalue weighted by atomic mass is 10.1. The number of benzene rings is 1. The van der Waals surface area contributed by atoms with Crippen molar-refractivity contribution < 1.29 is 9.53 Å². The largest absolute Gasteiger partial charge is 0.465 e. The van der Waals surface area contributed by atoms with Gasteiger partial charge in [-0.2, -0.15) is 0 Å². The second-order valence-electron chi connectivity index (χ2n) is 5.32. The predicted molar refractivity (Wildman–Crippen MR) is 67.8 cm³/mol. The van der Waals surface area contributed by atoms with Crippen LogP contribution in [0.2, 0.25) is 0 Å². The van der Waals surface area contributed by atoms with Crippen molar-refractivity contribution in [3.63, 3.8) is 0 Å². The van der Waals surface area contributed by atoms with E-state index in [1.165, 1.54) is 11.1 Å². The highest BCUT2D eigenvalue weighted by Crippen LogP contribution is 2.26. The Kier molecular flexibility index (Phi) is 3.82. The van der Waals surface area contributed by atoms with E-state index in [4.69, 9.17) is 4.74 Å². The van der Waals surface area contributed by atoms with Crippen LogP contribution in [0.1, 0.15) is 31.4 Å². The Morgan fingerprint density at radius 2 is 1.88 bits per heavy atom. The summed E-state index contributed by atoms with van der Waals surface area (Å²) in [6.45, 7) is 4.64. The fourth-order valence-electron chi connectivity index (χ4n) is 2.37. The van der Waals surface area contributed by atoms with Crippen molar-refractivity contribution >= 4 is 5.97 Å². The van der Waals surface area contributed by atoms with Crippen LogP contribution in [0.15, 0.2) is 24.3 Å². The third kappa shape index (κ3) is 3.32. The van der Waals surface area contributed by atoms with Crippen molar-refractivity contribution in [1.82, 2.24) is 0 Å². The molecule has 0 atom stereocenters. The highest BCUT2D eigenvalue weighted by Gasteiger charge is 2.22. The van der Waals surface area contributed by atoms with E-state index < -0.39 is 0 Å². The zero-order valence-corrected chi connectivity index (χ0v) is 10.6. The maximum absolute atomic E-state index is 11.5. The summed E-state index contributed by atoms with van der Waals surface area (Å²) in [6.07, 6.45) is 2.62. The molecule has 0 saturated carbocycles. The first-order valence-electron chi connectivity index (χ1n) is 6.37. The van der Waals surface area contributed by atoms with Gasteiger partial charge in [-0.15, -0.1) is 0 Å². The van der Waals surface area contributed by atoms with E-state index >= 15 is 0 Å². The van der Waals surface area contributed by atoms with E-state index in [1.807, 2.05) is 13.8 Å². The van der Waals surface area contributed by atoms with Crippen molar-refractivity contribution in [3.05, 3.63) is 35.4 Å². The molecule has 0 aromatic heterocycles. The quantitative estimate of drug-likeness (QED) is 0.746. The van der Waals surface area contributed by atoms with Gasteiger partial charge in [0.05, 0.1) is 6.61 Å². The lowest BCUT2D eigenvalue weighted by molar-refractivity contribution is -0.145. The Morgan fingerprint density at radius 1 is 1.29 bits per heavy atom. The zero-order valence-electron chi connectivity index (χ0n) is 10.6. The smallest absolute Gasteiger partial charge is 0.306 e. The topological polar surface area (TPSA) is 26.3 Å². The molecule has 0 spiro atoms. The molecule has 0 heterocycles. The van der Waals surface area contributed by atoms with Gasteiger partial charge in [0.15, 0.2) is 0 Å². The zero-order chi connectivity index (χ0) is 12.3. The Bertz CT molecular complexity index is 371. The van der Waals surface area contributed by atoms with Crippen LogP contribution in [0, 0.1) is 11.8 Å². The molecule has 0 fully saturated rings. The van der Waals surface area contributed by atoms with Crippen LogP contribution in [-0.2, 0) is 22.4 Å². The van der Waals surface area contributed by atoms with Crippen molar-refractivity contribution in [2.45, 2.75) is 33.1 Å². The van der Waals surface area contributed by atoms with Crippen LogP contribution in [-0.4, -0.2) is 12.6 Å². The van der Waals surface area contributed by atoms with Gasteiger partial charge in [0.25, 0.3) is 0 Å². The van der Waals surface area contributed by atoms with Crippen LogP contribution >= 0.6 is 0 Å². The molecule has 1 aliphatic rings. The molecule has 1 aromatic carbocycles. The van der Waals surface area contributed by atoms with Gasteiger partial charge in [0.1, 0.15) is 0 Å². The van der Waals surface area contributed by atoms with Gasteiger partial charge in [-0.25, -0.2) is 0 Å². The van der Waals surface area contributed by atoms with E-state index in [9.17, 15) is 4.79 Å². The number of carbonyl (C=O) groups excluding carboxylic acids is 1. The van der Waals surface area contributed by atoms with E-state index in [2.05, 4.69) is 24.3 Å².